The Kier molecular flexibility index (Phi) is 12.1. The van der Waals surface area contributed by atoms with Crippen LogP contribution >= 0.6 is 0 Å². The number of likely N-dealkylation sites (N-methyl/N-ethyl adjacent to an activating group) is 1. The van der Waals surface area contributed by atoms with Crippen LogP contribution in [0.25, 0.3) is 0 Å². The van der Waals surface area contributed by atoms with Gasteiger partial charge in [-0.05, 0) is 26.8 Å². The molecule has 1 atom stereocenters. The van der Waals surface area contributed by atoms with Gasteiger partial charge in [-0.1, -0.05) is 51.9 Å². The fourth-order valence-electron chi connectivity index (χ4n) is 2.15. The Balaban J connectivity index is 3.36. The topological polar surface area (TPSA) is 32.3 Å². The molecule has 0 rings (SSSR count). The first-order valence-corrected chi connectivity index (χ1v) is 8.11. The number of hydrogen-bond donors (Lipinski definition) is 1. The van der Waals surface area contributed by atoms with Gasteiger partial charge in [0.05, 0.1) is 6.04 Å². The van der Waals surface area contributed by atoms with E-state index in [1.807, 2.05) is 20.9 Å². The van der Waals surface area contributed by atoms with Gasteiger partial charge in [-0.3, -0.25) is 4.79 Å². The summed E-state index contributed by atoms with van der Waals surface area (Å²) in [5, 5.41) is 3.32. The van der Waals surface area contributed by atoms with Gasteiger partial charge in [0.15, 0.2) is 0 Å². The predicted molar refractivity (Wildman–Crippen MR) is 83.4 cm³/mol. The van der Waals surface area contributed by atoms with E-state index in [0.717, 1.165) is 13.1 Å². The van der Waals surface area contributed by atoms with E-state index in [1.165, 1.54) is 51.4 Å². The van der Waals surface area contributed by atoms with E-state index in [-0.39, 0.29) is 11.9 Å². The highest BCUT2D eigenvalue weighted by Crippen LogP contribution is 2.08. The van der Waals surface area contributed by atoms with Crippen LogP contribution in [0.4, 0.5) is 0 Å². The van der Waals surface area contributed by atoms with Gasteiger partial charge in [-0.15, -0.1) is 0 Å². The zero-order valence-electron chi connectivity index (χ0n) is 13.5. The van der Waals surface area contributed by atoms with E-state index >= 15 is 0 Å². The maximum absolute atomic E-state index is 11.8. The average Bonchev–Trinajstić information content (AvgIpc) is 2.43. The number of amides is 1. The van der Waals surface area contributed by atoms with E-state index in [0.29, 0.717) is 0 Å². The van der Waals surface area contributed by atoms with E-state index in [9.17, 15) is 4.79 Å². The first kappa shape index (κ1) is 18.4. The van der Waals surface area contributed by atoms with Gasteiger partial charge in [-0.2, -0.15) is 0 Å². The van der Waals surface area contributed by atoms with Crippen molar-refractivity contribution in [3.63, 3.8) is 0 Å². The Morgan fingerprint density at radius 1 is 1.00 bits per heavy atom. The predicted octanol–water partition coefficient (Wildman–Crippen LogP) is 3.58. The van der Waals surface area contributed by atoms with Crippen LogP contribution in [0.3, 0.4) is 0 Å². The van der Waals surface area contributed by atoms with Gasteiger partial charge in [0.25, 0.3) is 0 Å². The van der Waals surface area contributed by atoms with Gasteiger partial charge in [0.2, 0.25) is 5.91 Å². The van der Waals surface area contributed by atoms with Crippen molar-refractivity contribution in [1.82, 2.24) is 10.2 Å². The molecule has 1 unspecified atom stereocenters. The largest absolute Gasteiger partial charge is 0.345 e. The average molecular weight is 270 g/mol. The molecule has 0 bridgehead atoms. The van der Waals surface area contributed by atoms with Crippen LogP contribution in [-0.4, -0.2) is 37.0 Å². The second-order valence-corrected chi connectivity index (χ2v) is 5.50. The van der Waals surface area contributed by atoms with Crippen molar-refractivity contribution in [2.45, 2.75) is 78.2 Å². The number of nitrogens with one attached hydrogen (secondary N) is 1. The van der Waals surface area contributed by atoms with Crippen molar-refractivity contribution < 1.29 is 4.79 Å². The Morgan fingerprint density at radius 3 is 2.05 bits per heavy atom. The molecule has 0 radical (unpaired) electrons. The standard InChI is InChI=1S/C16H34N2O/c1-5-7-8-9-10-11-12-13-14-17-15(3)16(19)18(4)6-2/h15,17H,5-14H2,1-4H3. The fraction of sp³-hybridized carbons (Fsp3) is 0.938. The Labute approximate surface area is 120 Å². The van der Waals surface area contributed by atoms with Gasteiger partial charge in [0.1, 0.15) is 0 Å². The highest BCUT2D eigenvalue weighted by Gasteiger charge is 2.14. The van der Waals surface area contributed by atoms with Crippen molar-refractivity contribution in [3.8, 4) is 0 Å². The first-order valence-electron chi connectivity index (χ1n) is 8.11. The van der Waals surface area contributed by atoms with E-state index in [1.54, 1.807) is 4.90 Å². The number of carbonyl (C=O) groups is 1. The maximum atomic E-state index is 11.8. The summed E-state index contributed by atoms with van der Waals surface area (Å²) in [6, 6.07) is -0.0468. The van der Waals surface area contributed by atoms with Crippen LogP contribution < -0.4 is 5.32 Å². The number of rotatable bonds is 12. The molecule has 0 aromatic rings. The molecule has 1 amide bonds. The smallest absolute Gasteiger partial charge is 0.239 e. The molecule has 1 N–H and O–H groups in total. The number of carbonyl (C=O) groups excluding carboxylic acids is 1. The quantitative estimate of drug-likeness (QED) is 0.550. The minimum Gasteiger partial charge on any atom is -0.345 e. The third-order valence-corrected chi connectivity index (χ3v) is 3.70. The van der Waals surface area contributed by atoms with Crippen molar-refractivity contribution in [2.75, 3.05) is 20.1 Å². The summed E-state index contributed by atoms with van der Waals surface area (Å²) in [6.07, 6.45) is 10.6. The summed E-state index contributed by atoms with van der Waals surface area (Å²) in [6.45, 7) is 7.95. The number of nitrogens with zero attached hydrogens (tertiary/aromatic N) is 1. The van der Waals surface area contributed by atoms with E-state index in [2.05, 4.69) is 12.2 Å². The van der Waals surface area contributed by atoms with Crippen LogP contribution in [0, 0.1) is 0 Å². The molecule has 0 aromatic heterocycles. The monoisotopic (exact) mass is 270 g/mol. The number of hydrogen-bond acceptors (Lipinski definition) is 2. The lowest BCUT2D eigenvalue weighted by molar-refractivity contribution is -0.131. The molecule has 0 saturated heterocycles. The Morgan fingerprint density at radius 2 is 1.53 bits per heavy atom. The molecule has 0 aromatic carbocycles. The summed E-state index contributed by atoms with van der Waals surface area (Å²) in [7, 11) is 1.86. The van der Waals surface area contributed by atoms with Crippen LogP contribution in [0.1, 0.15) is 72.1 Å². The highest BCUT2D eigenvalue weighted by atomic mass is 16.2. The SMILES string of the molecule is CCCCCCCCCCNC(C)C(=O)N(C)CC. The lowest BCUT2D eigenvalue weighted by Gasteiger charge is -2.20. The Hall–Kier alpha value is -0.570. The summed E-state index contributed by atoms with van der Waals surface area (Å²) in [4.78, 5) is 13.6. The molecule has 3 heteroatoms. The summed E-state index contributed by atoms with van der Waals surface area (Å²) < 4.78 is 0. The summed E-state index contributed by atoms with van der Waals surface area (Å²) >= 11 is 0. The van der Waals surface area contributed by atoms with Crippen LogP contribution in [0.2, 0.25) is 0 Å². The minimum absolute atomic E-state index is 0.0468. The fourth-order valence-corrected chi connectivity index (χ4v) is 2.15. The zero-order chi connectivity index (χ0) is 14.5. The summed E-state index contributed by atoms with van der Waals surface area (Å²) in [5.74, 6) is 0.196. The van der Waals surface area contributed by atoms with Crippen LogP contribution in [0.15, 0.2) is 0 Å². The molecule has 19 heavy (non-hydrogen) atoms. The minimum atomic E-state index is -0.0468. The van der Waals surface area contributed by atoms with Crippen LogP contribution in [-0.2, 0) is 4.79 Å². The molecule has 0 fully saturated rings. The second kappa shape index (κ2) is 12.5. The number of unbranched alkanes of at least 4 members (excludes halogenated alkanes) is 7. The highest BCUT2D eigenvalue weighted by molar-refractivity contribution is 5.81. The molecule has 0 spiro atoms. The molecule has 114 valence electrons. The molecule has 0 saturated carbocycles. The lowest BCUT2D eigenvalue weighted by atomic mass is 10.1. The molecular formula is C16H34N2O. The first-order chi connectivity index (χ1) is 9.13. The lowest BCUT2D eigenvalue weighted by Crippen LogP contribution is -2.43. The van der Waals surface area contributed by atoms with E-state index in [4.69, 9.17) is 0 Å². The third-order valence-electron chi connectivity index (χ3n) is 3.70. The van der Waals surface area contributed by atoms with Gasteiger partial charge in [0, 0.05) is 13.6 Å². The molecule has 0 aliphatic rings. The second-order valence-electron chi connectivity index (χ2n) is 5.50. The maximum Gasteiger partial charge on any atom is 0.239 e. The van der Waals surface area contributed by atoms with Crippen molar-refractivity contribution >= 4 is 5.91 Å². The molecule has 0 aliphatic heterocycles. The Bertz CT molecular complexity index is 219. The normalized spacial score (nSPS) is 12.4. The van der Waals surface area contributed by atoms with Gasteiger partial charge < -0.3 is 10.2 Å². The van der Waals surface area contributed by atoms with Gasteiger partial charge >= 0.3 is 0 Å². The van der Waals surface area contributed by atoms with Crippen LogP contribution in [0.5, 0.6) is 0 Å². The van der Waals surface area contributed by atoms with Crippen molar-refractivity contribution in [1.29, 1.82) is 0 Å². The van der Waals surface area contributed by atoms with E-state index < -0.39 is 0 Å². The molecule has 0 heterocycles. The van der Waals surface area contributed by atoms with Crippen molar-refractivity contribution in [3.05, 3.63) is 0 Å². The molecule has 3 nitrogen and oxygen atoms in total. The third kappa shape index (κ3) is 9.94. The molecular weight excluding hydrogens is 236 g/mol. The zero-order valence-corrected chi connectivity index (χ0v) is 13.5. The van der Waals surface area contributed by atoms with Crippen molar-refractivity contribution in [2.24, 2.45) is 0 Å². The molecule has 0 aliphatic carbocycles. The van der Waals surface area contributed by atoms with Gasteiger partial charge in [-0.25, -0.2) is 0 Å². The summed E-state index contributed by atoms with van der Waals surface area (Å²) in [5.41, 5.74) is 0.